The van der Waals surface area contributed by atoms with Crippen LogP contribution in [0.1, 0.15) is 16.2 Å². The minimum Gasteiger partial charge on any atom is -0.476 e. The molecular formula is C8H8N2O4. The summed E-state index contributed by atoms with van der Waals surface area (Å²) in [5.41, 5.74) is 0.322. The Morgan fingerprint density at radius 2 is 2.36 bits per heavy atom. The van der Waals surface area contributed by atoms with Crippen LogP contribution in [0.15, 0.2) is 12.1 Å². The Bertz CT molecular complexity index is 380. The highest BCUT2D eigenvalue weighted by atomic mass is 16.5. The van der Waals surface area contributed by atoms with Gasteiger partial charge in [-0.3, -0.25) is 5.10 Å². The number of hydrogen-bond acceptors (Lipinski definition) is 4. The number of nitrogens with one attached hydrogen (secondary N) is 1. The third-order valence-electron chi connectivity index (χ3n) is 1.42. The number of aromatic nitrogens is 2. The van der Waals surface area contributed by atoms with Crippen molar-refractivity contribution >= 4 is 18.0 Å². The number of nitrogens with zero attached hydrogens (tertiary/aromatic N) is 1. The molecule has 0 saturated heterocycles. The number of carboxylic acid groups (broad SMARTS) is 1. The molecule has 14 heavy (non-hydrogen) atoms. The highest BCUT2D eigenvalue weighted by Gasteiger charge is 2.06. The van der Waals surface area contributed by atoms with Crippen LogP contribution in [0, 0.1) is 0 Å². The first-order valence-electron chi connectivity index (χ1n) is 3.68. The van der Waals surface area contributed by atoms with Gasteiger partial charge in [-0.1, -0.05) is 0 Å². The Morgan fingerprint density at radius 1 is 1.64 bits per heavy atom. The molecule has 0 aromatic carbocycles. The summed E-state index contributed by atoms with van der Waals surface area (Å²) in [5.74, 6) is -1.64. The van der Waals surface area contributed by atoms with Crippen molar-refractivity contribution in [3.8, 4) is 0 Å². The molecule has 0 aliphatic heterocycles. The van der Waals surface area contributed by atoms with Gasteiger partial charge < -0.3 is 9.84 Å². The maximum atomic E-state index is 10.7. The molecule has 0 radical (unpaired) electrons. The topological polar surface area (TPSA) is 92.3 Å². The van der Waals surface area contributed by atoms with E-state index in [4.69, 9.17) is 5.11 Å². The van der Waals surface area contributed by atoms with Gasteiger partial charge in [0.05, 0.1) is 12.8 Å². The molecule has 6 nitrogen and oxygen atoms in total. The van der Waals surface area contributed by atoms with Crippen molar-refractivity contribution in [3.63, 3.8) is 0 Å². The van der Waals surface area contributed by atoms with Crippen LogP contribution in [0.5, 0.6) is 0 Å². The van der Waals surface area contributed by atoms with Crippen molar-refractivity contribution in [1.82, 2.24) is 10.2 Å². The normalized spacial score (nSPS) is 10.4. The third-order valence-corrected chi connectivity index (χ3v) is 1.42. The van der Waals surface area contributed by atoms with E-state index >= 15 is 0 Å². The van der Waals surface area contributed by atoms with Crippen molar-refractivity contribution in [2.24, 2.45) is 0 Å². The van der Waals surface area contributed by atoms with E-state index < -0.39 is 11.9 Å². The molecule has 1 aromatic rings. The van der Waals surface area contributed by atoms with Crippen molar-refractivity contribution in [2.75, 3.05) is 7.11 Å². The molecule has 0 atom stereocenters. The average Bonchev–Trinajstić information content (AvgIpc) is 2.62. The maximum absolute atomic E-state index is 10.7. The van der Waals surface area contributed by atoms with Crippen LogP contribution in [-0.2, 0) is 9.53 Å². The summed E-state index contributed by atoms with van der Waals surface area (Å²) in [7, 11) is 1.25. The first-order chi connectivity index (χ1) is 6.63. The first-order valence-corrected chi connectivity index (χ1v) is 3.68. The number of carbonyl (C=O) groups excluding carboxylic acids is 1. The Hall–Kier alpha value is -2.11. The number of carboxylic acids is 1. The van der Waals surface area contributed by atoms with E-state index in [0.29, 0.717) is 5.69 Å². The molecule has 0 fully saturated rings. The van der Waals surface area contributed by atoms with Crippen molar-refractivity contribution in [3.05, 3.63) is 23.5 Å². The zero-order valence-electron chi connectivity index (χ0n) is 7.35. The Labute approximate surface area is 79.2 Å². The van der Waals surface area contributed by atoms with Crippen molar-refractivity contribution < 1.29 is 19.4 Å². The second kappa shape index (κ2) is 4.22. The van der Waals surface area contributed by atoms with Gasteiger partial charge in [0.1, 0.15) is 0 Å². The van der Waals surface area contributed by atoms with E-state index in [1.54, 1.807) is 0 Å². The number of ether oxygens (including phenoxy) is 1. The van der Waals surface area contributed by atoms with E-state index in [0.717, 1.165) is 0 Å². The molecule has 0 unspecified atom stereocenters. The number of H-pyrrole nitrogens is 1. The zero-order chi connectivity index (χ0) is 10.6. The van der Waals surface area contributed by atoms with Gasteiger partial charge >= 0.3 is 11.9 Å². The maximum Gasteiger partial charge on any atom is 0.356 e. The van der Waals surface area contributed by atoms with E-state index in [1.165, 1.54) is 25.3 Å². The van der Waals surface area contributed by atoms with E-state index in [-0.39, 0.29) is 5.69 Å². The zero-order valence-corrected chi connectivity index (χ0v) is 7.35. The van der Waals surface area contributed by atoms with Gasteiger partial charge in [-0.25, -0.2) is 9.59 Å². The lowest BCUT2D eigenvalue weighted by molar-refractivity contribution is -0.134. The Kier molecular flexibility index (Phi) is 3.01. The summed E-state index contributed by atoms with van der Waals surface area (Å²) in [4.78, 5) is 21.1. The molecule has 0 spiro atoms. The van der Waals surface area contributed by atoms with E-state index in [9.17, 15) is 9.59 Å². The number of rotatable bonds is 3. The fraction of sp³-hybridized carbons (Fsp3) is 0.125. The lowest BCUT2D eigenvalue weighted by Crippen LogP contribution is -1.95. The van der Waals surface area contributed by atoms with Crippen LogP contribution in [-0.4, -0.2) is 34.4 Å². The molecule has 0 bridgehead atoms. The standard InChI is InChI=1S/C8H8N2O4/c1-14-7(11)3-2-5-4-6(8(12)13)10-9-5/h2-4H,1H3,(H,9,10)(H,12,13). The SMILES string of the molecule is COC(=O)C=Cc1cc(C(=O)O)n[nH]1. The van der Waals surface area contributed by atoms with E-state index in [1.807, 2.05) is 0 Å². The van der Waals surface area contributed by atoms with Crippen LogP contribution in [0.25, 0.3) is 6.08 Å². The molecule has 74 valence electrons. The van der Waals surface area contributed by atoms with Crippen LogP contribution >= 0.6 is 0 Å². The molecule has 2 N–H and O–H groups in total. The molecule has 0 amide bonds. The number of hydrogen-bond donors (Lipinski definition) is 2. The monoisotopic (exact) mass is 196 g/mol. The van der Waals surface area contributed by atoms with Gasteiger partial charge in [0.25, 0.3) is 0 Å². The number of aromatic amines is 1. The summed E-state index contributed by atoms with van der Waals surface area (Å²) in [6.07, 6.45) is 2.55. The van der Waals surface area contributed by atoms with Crippen molar-refractivity contribution in [1.29, 1.82) is 0 Å². The molecule has 0 saturated carbocycles. The van der Waals surface area contributed by atoms with Gasteiger partial charge in [-0.15, -0.1) is 0 Å². The minimum atomic E-state index is -1.13. The fourth-order valence-corrected chi connectivity index (χ4v) is 0.757. The minimum absolute atomic E-state index is 0.102. The Morgan fingerprint density at radius 3 is 2.86 bits per heavy atom. The van der Waals surface area contributed by atoms with Crippen LogP contribution in [0.2, 0.25) is 0 Å². The summed E-state index contributed by atoms with van der Waals surface area (Å²) >= 11 is 0. The predicted molar refractivity (Wildman–Crippen MR) is 46.6 cm³/mol. The summed E-state index contributed by atoms with van der Waals surface area (Å²) in [5, 5.41) is 14.5. The Balaban J connectivity index is 2.73. The third kappa shape index (κ3) is 2.44. The van der Waals surface area contributed by atoms with Crippen LogP contribution in [0.4, 0.5) is 0 Å². The quantitative estimate of drug-likeness (QED) is 0.535. The second-order valence-electron chi connectivity index (χ2n) is 2.37. The largest absolute Gasteiger partial charge is 0.476 e. The lowest BCUT2D eigenvalue weighted by atomic mass is 10.3. The number of aromatic carboxylic acids is 1. The fourth-order valence-electron chi connectivity index (χ4n) is 0.757. The first kappa shape index (κ1) is 9.97. The number of esters is 1. The van der Waals surface area contributed by atoms with Gasteiger partial charge in [0.15, 0.2) is 5.69 Å². The average molecular weight is 196 g/mol. The number of carbonyl (C=O) groups is 2. The lowest BCUT2D eigenvalue weighted by Gasteiger charge is -1.87. The summed E-state index contributed by atoms with van der Waals surface area (Å²) in [6.45, 7) is 0. The predicted octanol–water partition coefficient (Wildman–Crippen LogP) is 0.294. The summed E-state index contributed by atoms with van der Waals surface area (Å²) < 4.78 is 4.35. The van der Waals surface area contributed by atoms with Crippen LogP contribution in [0.3, 0.4) is 0 Å². The smallest absolute Gasteiger partial charge is 0.356 e. The second-order valence-corrected chi connectivity index (χ2v) is 2.37. The van der Waals surface area contributed by atoms with Crippen LogP contribution < -0.4 is 0 Å². The molecule has 1 aromatic heterocycles. The van der Waals surface area contributed by atoms with Gasteiger partial charge in [0, 0.05) is 6.08 Å². The van der Waals surface area contributed by atoms with Gasteiger partial charge in [-0.05, 0) is 12.1 Å². The van der Waals surface area contributed by atoms with E-state index in [2.05, 4.69) is 14.9 Å². The van der Waals surface area contributed by atoms with Gasteiger partial charge in [-0.2, -0.15) is 5.10 Å². The molecule has 6 heteroatoms. The molecule has 1 rings (SSSR count). The molecule has 0 aliphatic rings. The molecule has 1 heterocycles. The summed E-state index contributed by atoms with van der Waals surface area (Å²) in [6, 6.07) is 1.31. The van der Waals surface area contributed by atoms with Gasteiger partial charge in [0.2, 0.25) is 0 Å². The molecule has 0 aliphatic carbocycles. The van der Waals surface area contributed by atoms with Crippen molar-refractivity contribution in [2.45, 2.75) is 0 Å². The molecular weight excluding hydrogens is 188 g/mol. The highest BCUT2D eigenvalue weighted by Crippen LogP contribution is 2.01. The number of methoxy groups -OCH3 is 1. The highest BCUT2D eigenvalue weighted by molar-refractivity contribution is 5.88.